The fourth-order valence-corrected chi connectivity index (χ4v) is 4.81. The first-order valence-electron chi connectivity index (χ1n) is 10.3. The topological polar surface area (TPSA) is 77.8 Å². The quantitative estimate of drug-likeness (QED) is 0.450. The van der Waals surface area contributed by atoms with Gasteiger partial charge in [-0.25, -0.2) is 4.79 Å². The summed E-state index contributed by atoms with van der Waals surface area (Å²) in [5.74, 6) is 0.256. The molecule has 0 saturated carbocycles. The van der Waals surface area contributed by atoms with Gasteiger partial charge in [-0.3, -0.25) is 4.79 Å². The molecule has 1 aliphatic rings. The zero-order valence-electron chi connectivity index (χ0n) is 17.4. The molecule has 7 heteroatoms. The van der Waals surface area contributed by atoms with Crippen molar-refractivity contribution >= 4 is 28.2 Å². The lowest BCUT2D eigenvalue weighted by atomic mass is 9.88. The molecule has 5 rings (SSSR count). The van der Waals surface area contributed by atoms with E-state index in [9.17, 15) is 9.59 Å². The molecule has 0 unspecified atom stereocenters. The number of rotatable bonds is 6. The van der Waals surface area contributed by atoms with E-state index in [1.807, 2.05) is 53.9 Å². The Morgan fingerprint density at radius 3 is 2.66 bits per heavy atom. The summed E-state index contributed by atoms with van der Waals surface area (Å²) in [6.07, 6.45) is -0.142. The van der Waals surface area contributed by atoms with Crippen LogP contribution in [0.4, 0.5) is 0 Å². The third kappa shape index (κ3) is 3.65. The largest absolute Gasteiger partial charge is 0.497 e. The minimum atomic E-state index is -0.879. The maximum Gasteiger partial charge on any atom is 0.344 e. The van der Waals surface area contributed by atoms with Crippen molar-refractivity contribution in [2.24, 2.45) is 0 Å². The molecule has 0 saturated heterocycles. The van der Waals surface area contributed by atoms with Gasteiger partial charge >= 0.3 is 5.63 Å². The van der Waals surface area contributed by atoms with Crippen LogP contribution in [0.15, 0.2) is 75.3 Å². The minimum Gasteiger partial charge on any atom is -0.497 e. The maximum absolute atomic E-state index is 13.2. The molecule has 3 heterocycles. The van der Waals surface area contributed by atoms with E-state index in [0.717, 1.165) is 12.0 Å². The second-order valence-electron chi connectivity index (χ2n) is 7.54. The van der Waals surface area contributed by atoms with E-state index >= 15 is 0 Å². The van der Waals surface area contributed by atoms with Crippen molar-refractivity contribution in [3.63, 3.8) is 0 Å². The van der Waals surface area contributed by atoms with Gasteiger partial charge in [0.1, 0.15) is 17.1 Å². The van der Waals surface area contributed by atoms with E-state index in [0.29, 0.717) is 34.6 Å². The first-order valence-corrected chi connectivity index (χ1v) is 11.2. The summed E-state index contributed by atoms with van der Waals surface area (Å²) in [7, 11) is 1.59. The van der Waals surface area contributed by atoms with E-state index < -0.39 is 17.6 Å². The standard InChI is InChI=1S/C25H21NO5S/c1-29-16-10-8-15(9-11-16)20-21-22(18-6-2-3-7-19(18)30-25(21)28)31-23(20)24(27)26-13-12-17-5-4-14-32-17/h2-11,14,20,23H,12-13H2,1H3,(H,26,27)/t20-,23+/m1/s1. The van der Waals surface area contributed by atoms with Crippen LogP contribution in [0.1, 0.15) is 21.9 Å². The zero-order valence-corrected chi connectivity index (χ0v) is 18.2. The normalized spacial score (nSPS) is 17.0. The molecule has 1 aliphatic heterocycles. The van der Waals surface area contributed by atoms with Crippen molar-refractivity contribution in [2.75, 3.05) is 13.7 Å². The highest BCUT2D eigenvalue weighted by molar-refractivity contribution is 7.09. The molecule has 0 bridgehead atoms. The Labute approximate surface area is 188 Å². The maximum atomic E-state index is 13.2. The van der Waals surface area contributed by atoms with Crippen LogP contribution in [0.25, 0.3) is 11.0 Å². The van der Waals surface area contributed by atoms with Crippen molar-refractivity contribution < 1.29 is 18.7 Å². The Kier molecular flexibility index (Phi) is 5.41. The van der Waals surface area contributed by atoms with Crippen molar-refractivity contribution in [2.45, 2.75) is 18.4 Å². The second kappa shape index (κ2) is 8.51. The fraction of sp³-hybridized carbons (Fsp3) is 0.200. The lowest BCUT2D eigenvalue weighted by molar-refractivity contribution is -0.127. The summed E-state index contributed by atoms with van der Waals surface area (Å²) in [6.45, 7) is 0.486. The Balaban J connectivity index is 1.52. The second-order valence-corrected chi connectivity index (χ2v) is 8.57. The summed E-state index contributed by atoms with van der Waals surface area (Å²) in [6, 6.07) is 18.5. The van der Waals surface area contributed by atoms with Crippen molar-refractivity contribution in [1.82, 2.24) is 5.32 Å². The summed E-state index contributed by atoms with van der Waals surface area (Å²) in [5, 5.41) is 5.66. The number of para-hydroxylation sites is 1. The molecule has 0 radical (unpaired) electrons. The van der Waals surface area contributed by atoms with Crippen LogP contribution in [-0.4, -0.2) is 25.7 Å². The fourth-order valence-electron chi connectivity index (χ4n) is 4.10. The Hall–Kier alpha value is -3.58. The van der Waals surface area contributed by atoms with Crippen LogP contribution in [0.5, 0.6) is 11.5 Å². The monoisotopic (exact) mass is 447 g/mol. The van der Waals surface area contributed by atoms with Gasteiger partial charge in [0.05, 0.1) is 24.0 Å². The van der Waals surface area contributed by atoms with E-state index in [4.69, 9.17) is 13.9 Å². The van der Waals surface area contributed by atoms with Gasteiger partial charge in [0.25, 0.3) is 5.91 Å². The summed E-state index contributed by atoms with van der Waals surface area (Å²) >= 11 is 1.65. The molecule has 2 aromatic carbocycles. The van der Waals surface area contributed by atoms with Gasteiger partial charge in [-0.05, 0) is 47.7 Å². The van der Waals surface area contributed by atoms with Crippen LogP contribution in [-0.2, 0) is 11.2 Å². The third-order valence-electron chi connectivity index (χ3n) is 5.64. The molecule has 0 spiro atoms. The number of hydrogen-bond acceptors (Lipinski definition) is 6. The molecule has 4 aromatic rings. The van der Waals surface area contributed by atoms with E-state index in [1.54, 1.807) is 30.6 Å². The van der Waals surface area contributed by atoms with Gasteiger partial charge in [0, 0.05) is 11.4 Å². The van der Waals surface area contributed by atoms with Crippen LogP contribution in [0.2, 0.25) is 0 Å². The molecule has 6 nitrogen and oxygen atoms in total. The minimum absolute atomic E-state index is 0.262. The summed E-state index contributed by atoms with van der Waals surface area (Å²) in [4.78, 5) is 27.4. The number of ether oxygens (including phenoxy) is 2. The Morgan fingerprint density at radius 1 is 1.09 bits per heavy atom. The average molecular weight is 448 g/mol. The number of methoxy groups -OCH3 is 1. The smallest absolute Gasteiger partial charge is 0.344 e. The molecular formula is C25H21NO5S. The average Bonchev–Trinajstić information content (AvgIpc) is 3.48. The first kappa shape index (κ1) is 20.3. The number of carbonyl (C=O) groups is 1. The van der Waals surface area contributed by atoms with Gasteiger partial charge in [-0.2, -0.15) is 0 Å². The van der Waals surface area contributed by atoms with E-state index in [1.165, 1.54) is 4.88 Å². The SMILES string of the molecule is COc1ccc([C@@H]2c3c(c4ccccc4oc3=O)O[C@@H]2C(=O)NCCc2cccs2)cc1. The molecular weight excluding hydrogens is 426 g/mol. The molecule has 0 fully saturated rings. The molecule has 2 aromatic heterocycles. The van der Waals surface area contributed by atoms with Crippen LogP contribution >= 0.6 is 11.3 Å². The number of fused-ring (bicyclic) bond motifs is 3. The van der Waals surface area contributed by atoms with Gasteiger partial charge in [-0.15, -0.1) is 11.3 Å². The number of nitrogens with one attached hydrogen (secondary N) is 1. The lowest BCUT2D eigenvalue weighted by Gasteiger charge is -2.19. The van der Waals surface area contributed by atoms with Gasteiger partial charge in [-0.1, -0.05) is 30.3 Å². The molecule has 32 heavy (non-hydrogen) atoms. The molecule has 0 aliphatic carbocycles. The first-order chi connectivity index (χ1) is 15.7. The van der Waals surface area contributed by atoms with Gasteiger partial charge in [0.2, 0.25) is 0 Å². The van der Waals surface area contributed by atoms with Crippen molar-refractivity contribution in [1.29, 1.82) is 0 Å². The highest BCUT2D eigenvalue weighted by atomic mass is 32.1. The van der Waals surface area contributed by atoms with Crippen LogP contribution in [0, 0.1) is 0 Å². The molecule has 1 N–H and O–H groups in total. The number of benzene rings is 2. The predicted octanol–water partition coefficient (Wildman–Crippen LogP) is 4.11. The highest BCUT2D eigenvalue weighted by Crippen LogP contribution is 2.44. The number of hydrogen-bond donors (Lipinski definition) is 1. The Morgan fingerprint density at radius 2 is 1.91 bits per heavy atom. The van der Waals surface area contributed by atoms with Crippen LogP contribution in [0.3, 0.4) is 0 Å². The molecule has 1 amide bonds. The third-order valence-corrected chi connectivity index (χ3v) is 6.58. The summed E-state index contributed by atoms with van der Waals surface area (Å²) < 4.78 is 17.0. The number of carbonyl (C=O) groups excluding carboxylic acids is 1. The van der Waals surface area contributed by atoms with Crippen molar-refractivity contribution in [3.8, 4) is 11.5 Å². The highest BCUT2D eigenvalue weighted by Gasteiger charge is 2.44. The number of amides is 1. The van der Waals surface area contributed by atoms with Gasteiger partial charge in [0.15, 0.2) is 6.10 Å². The Bertz CT molecular complexity index is 1310. The zero-order chi connectivity index (χ0) is 22.1. The van der Waals surface area contributed by atoms with Crippen molar-refractivity contribution in [3.05, 3.63) is 92.5 Å². The molecule has 2 atom stereocenters. The lowest BCUT2D eigenvalue weighted by Crippen LogP contribution is -2.41. The van der Waals surface area contributed by atoms with E-state index in [-0.39, 0.29) is 5.91 Å². The van der Waals surface area contributed by atoms with E-state index in [2.05, 4.69) is 5.32 Å². The van der Waals surface area contributed by atoms with Gasteiger partial charge < -0.3 is 19.2 Å². The van der Waals surface area contributed by atoms with Crippen LogP contribution < -0.4 is 20.4 Å². The summed E-state index contributed by atoms with van der Waals surface area (Å²) in [5.41, 5.74) is 1.09. The predicted molar refractivity (Wildman–Crippen MR) is 123 cm³/mol. The molecule has 162 valence electrons. The number of thiophene rings is 1.